The van der Waals surface area contributed by atoms with E-state index in [1.807, 2.05) is 0 Å². The summed E-state index contributed by atoms with van der Waals surface area (Å²) in [4.78, 5) is 24.6. The van der Waals surface area contributed by atoms with Crippen LogP contribution in [0.15, 0.2) is 18.2 Å². The number of carbonyl (C=O) groups excluding carboxylic acids is 1. The van der Waals surface area contributed by atoms with Crippen LogP contribution in [0.5, 0.6) is 0 Å². The highest BCUT2D eigenvalue weighted by molar-refractivity contribution is 6.34. The van der Waals surface area contributed by atoms with Crippen molar-refractivity contribution in [1.29, 1.82) is 0 Å². The number of nitro benzene ring substituents is 1. The molecule has 1 aliphatic heterocycles. The van der Waals surface area contributed by atoms with Crippen molar-refractivity contribution >= 4 is 23.2 Å². The van der Waals surface area contributed by atoms with Crippen molar-refractivity contribution in [2.45, 2.75) is 18.9 Å². The summed E-state index contributed by atoms with van der Waals surface area (Å²) in [6.45, 7) is 0.968. The molecule has 3 unspecified atom stereocenters. The van der Waals surface area contributed by atoms with Crippen molar-refractivity contribution in [3.05, 3.63) is 38.9 Å². The molecule has 21 heavy (non-hydrogen) atoms. The number of likely N-dealkylation sites (tertiary alicyclic amines) is 1. The molecular weight excluding hydrogens is 296 g/mol. The maximum atomic E-state index is 12.6. The molecule has 0 spiro atoms. The molecule has 7 heteroatoms. The summed E-state index contributed by atoms with van der Waals surface area (Å²) in [6, 6.07) is 4.22. The topological polar surface area (TPSA) is 83.7 Å². The monoisotopic (exact) mass is 310 g/mol. The van der Waals surface area contributed by atoms with E-state index in [4.69, 9.17) is 11.6 Å². The fourth-order valence-corrected chi connectivity index (χ4v) is 3.69. The number of rotatable bonds is 2. The molecule has 6 nitrogen and oxygen atoms in total. The fourth-order valence-electron chi connectivity index (χ4n) is 3.44. The summed E-state index contributed by atoms with van der Waals surface area (Å²) in [5.74, 6) is -0.0603. The Morgan fingerprint density at radius 2 is 2.14 bits per heavy atom. The van der Waals surface area contributed by atoms with Crippen LogP contribution in [0.2, 0.25) is 5.02 Å². The van der Waals surface area contributed by atoms with E-state index in [-0.39, 0.29) is 34.2 Å². The molecule has 0 aromatic heterocycles. The Hall–Kier alpha value is -1.66. The van der Waals surface area contributed by atoms with Crippen LogP contribution in [-0.4, -0.2) is 40.0 Å². The van der Waals surface area contributed by atoms with Crippen LogP contribution in [-0.2, 0) is 0 Å². The summed E-state index contributed by atoms with van der Waals surface area (Å²) >= 11 is 5.99. The van der Waals surface area contributed by atoms with Gasteiger partial charge in [-0.3, -0.25) is 14.9 Å². The first-order valence-corrected chi connectivity index (χ1v) is 7.27. The second kappa shape index (κ2) is 5.27. The van der Waals surface area contributed by atoms with Crippen LogP contribution >= 0.6 is 11.6 Å². The minimum absolute atomic E-state index is 0.0568. The molecule has 1 N–H and O–H groups in total. The predicted molar refractivity (Wildman–Crippen MR) is 76.2 cm³/mol. The molecule has 0 bridgehead atoms. The summed E-state index contributed by atoms with van der Waals surface area (Å²) in [7, 11) is 0. The lowest BCUT2D eigenvalue weighted by molar-refractivity contribution is -0.385. The Labute approximate surface area is 126 Å². The summed E-state index contributed by atoms with van der Waals surface area (Å²) < 4.78 is 0. The number of carbonyl (C=O) groups is 1. The number of halogens is 1. The average molecular weight is 311 g/mol. The van der Waals surface area contributed by atoms with Gasteiger partial charge >= 0.3 is 0 Å². The summed E-state index contributed by atoms with van der Waals surface area (Å²) in [6.07, 6.45) is 1.28. The lowest BCUT2D eigenvalue weighted by Gasteiger charge is -2.19. The Bertz CT molecular complexity index is 607. The highest BCUT2D eigenvalue weighted by Gasteiger charge is 2.44. The largest absolute Gasteiger partial charge is 0.393 e. The van der Waals surface area contributed by atoms with Gasteiger partial charge in [-0.15, -0.1) is 0 Å². The standard InChI is InChI=1S/C14H15ClN2O4/c15-10-2-1-3-11(17(20)21)13(10)14(19)16-6-8-4-5-12(18)9(8)7-16/h1-3,8-9,12,18H,4-7H2. The van der Waals surface area contributed by atoms with Crippen molar-refractivity contribution < 1.29 is 14.8 Å². The summed E-state index contributed by atoms with van der Waals surface area (Å²) in [5.41, 5.74) is -0.330. The van der Waals surface area contributed by atoms with Gasteiger partial charge in [-0.05, 0) is 24.8 Å². The van der Waals surface area contributed by atoms with E-state index in [2.05, 4.69) is 0 Å². The molecule has 1 aliphatic carbocycles. The van der Waals surface area contributed by atoms with Crippen LogP contribution in [0.4, 0.5) is 5.69 Å². The Kier molecular flexibility index (Phi) is 3.59. The molecule has 112 valence electrons. The molecule has 1 aromatic carbocycles. The van der Waals surface area contributed by atoms with Crippen LogP contribution < -0.4 is 0 Å². The molecule has 2 fully saturated rings. The van der Waals surface area contributed by atoms with Gasteiger partial charge in [0.05, 0.1) is 16.0 Å². The molecule has 0 radical (unpaired) electrons. The van der Waals surface area contributed by atoms with Crippen LogP contribution in [0, 0.1) is 22.0 Å². The maximum Gasteiger partial charge on any atom is 0.283 e. The average Bonchev–Trinajstić information content (AvgIpc) is 3.00. The number of amides is 1. The van der Waals surface area contributed by atoms with Gasteiger partial charge in [-0.25, -0.2) is 0 Å². The number of hydrogen-bond acceptors (Lipinski definition) is 4. The van der Waals surface area contributed by atoms with Gasteiger partial charge in [-0.2, -0.15) is 0 Å². The van der Waals surface area contributed by atoms with Gasteiger partial charge in [-0.1, -0.05) is 17.7 Å². The van der Waals surface area contributed by atoms with E-state index < -0.39 is 10.8 Å². The van der Waals surface area contributed by atoms with Crippen molar-refractivity contribution in [3.63, 3.8) is 0 Å². The van der Waals surface area contributed by atoms with E-state index in [0.29, 0.717) is 13.1 Å². The first-order valence-electron chi connectivity index (χ1n) is 6.89. The highest BCUT2D eigenvalue weighted by Crippen LogP contribution is 2.39. The Morgan fingerprint density at radius 3 is 2.81 bits per heavy atom. The molecule has 2 aliphatic rings. The molecular formula is C14H15ClN2O4. The van der Waals surface area contributed by atoms with E-state index >= 15 is 0 Å². The normalized spacial score (nSPS) is 27.7. The number of aliphatic hydroxyl groups excluding tert-OH is 1. The van der Waals surface area contributed by atoms with Crippen molar-refractivity contribution in [3.8, 4) is 0 Å². The number of aliphatic hydroxyl groups is 1. The van der Waals surface area contributed by atoms with Crippen molar-refractivity contribution in [1.82, 2.24) is 4.90 Å². The molecule has 1 aromatic rings. The third kappa shape index (κ3) is 2.38. The minimum atomic E-state index is -0.592. The second-order valence-corrected chi connectivity index (χ2v) is 6.08. The highest BCUT2D eigenvalue weighted by atomic mass is 35.5. The fraction of sp³-hybridized carbons (Fsp3) is 0.500. The van der Waals surface area contributed by atoms with Gasteiger partial charge in [0.25, 0.3) is 11.6 Å². The molecule has 3 atom stereocenters. The van der Waals surface area contributed by atoms with Crippen molar-refractivity contribution in [2.75, 3.05) is 13.1 Å². The van der Waals surface area contributed by atoms with Gasteiger partial charge in [0.15, 0.2) is 0 Å². The molecule has 1 amide bonds. The molecule has 1 saturated carbocycles. The van der Waals surface area contributed by atoms with Gasteiger partial charge in [0.2, 0.25) is 0 Å². The number of benzene rings is 1. The van der Waals surface area contributed by atoms with E-state index in [1.54, 1.807) is 4.90 Å². The Morgan fingerprint density at radius 1 is 1.38 bits per heavy atom. The smallest absolute Gasteiger partial charge is 0.283 e. The maximum absolute atomic E-state index is 12.6. The third-order valence-electron chi connectivity index (χ3n) is 4.51. The minimum Gasteiger partial charge on any atom is -0.393 e. The van der Waals surface area contributed by atoms with Crippen LogP contribution in [0.3, 0.4) is 0 Å². The predicted octanol–water partition coefficient (Wildman–Crippen LogP) is 2.09. The zero-order valence-corrected chi connectivity index (χ0v) is 12.0. The van der Waals surface area contributed by atoms with Crippen molar-refractivity contribution in [2.24, 2.45) is 11.8 Å². The van der Waals surface area contributed by atoms with E-state index in [0.717, 1.165) is 12.8 Å². The first kappa shape index (κ1) is 14.3. The zero-order valence-electron chi connectivity index (χ0n) is 11.2. The van der Waals surface area contributed by atoms with E-state index in [1.165, 1.54) is 18.2 Å². The molecule has 3 rings (SSSR count). The van der Waals surface area contributed by atoms with Crippen LogP contribution in [0.25, 0.3) is 0 Å². The quantitative estimate of drug-likeness (QED) is 0.669. The number of nitrogens with zero attached hydrogens (tertiary/aromatic N) is 2. The molecule has 1 saturated heterocycles. The number of fused-ring (bicyclic) bond motifs is 1. The molecule has 1 heterocycles. The van der Waals surface area contributed by atoms with Gasteiger partial charge in [0.1, 0.15) is 5.56 Å². The van der Waals surface area contributed by atoms with Gasteiger partial charge < -0.3 is 10.0 Å². The first-order chi connectivity index (χ1) is 9.99. The SMILES string of the molecule is O=C(c1c(Cl)cccc1[N+](=O)[O-])N1CC2CCC(O)C2C1. The second-order valence-electron chi connectivity index (χ2n) is 5.67. The third-order valence-corrected chi connectivity index (χ3v) is 4.82. The lowest BCUT2D eigenvalue weighted by atomic mass is 10.00. The Balaban J connectivity index is 1.89. The zero-order chi connectivity index (χ0) is 15.1. The van der Waals surface area contributed by atoms with Crippen LogP contribution in [0.1, 0.15) is 23.2 Å². The summed E-state index contributed by atoms with van der Waals surface area (Å²) in [5, 5.41) is 21.1. The van der Waals surface area contributed by atoms with E-state index in [9.17, 15) is 20.0 Å². The number of nitro groups is 1. The number of hydrogen-bond donors (Lipinski definition) is 1. The van der Waals surface area contributed by atoms with Gasteiger partial charge in [0, 0.05) is 25.1 Å². The lowest BCUT2D eigenvalue weighted by Crippen LogP contribution is -2.31.